The van der Waals surface area contributed by atoms with E-state index < -0.39 is 9.84 Å². The summed E-state index contributed by atoms with van der Waals surface area (Å²) in [6.45, 7) is 5.57. The number of sulfone groups is 1. The van der Waals surface area contributed by atoms with Crippen LogP contribution in [-0.4, -0.2) is 30.9 Å². The van der Waals surface area contributed by atoms with E-state index in [9.17, 15) is 8.42 Å². The molecule has 1 N–H and O–H groups in total. The quantitative estimate of drug-likeness (QED) is 0.839. The van der Waals surface area contributed by atoms with Crippen molar-refractivity contribution in [2.24, 2.45) is 0 Å². The highest BCUT2D eigenvalue weighted by Crippen LogP contribution is 2.11. The molecule has 0 aliphatic carbocycles. The average molecular weight is 256 g/mol. The van der Waals surface area contributed by atoms with Gasteiger partial charge in [0.2, 0.25) is 0 Å². The van der Waals surface area contributed by atoms with Gasteiger partial charge in [0.25, 0.3) is 0 Å². The predicted molar refractivity (Wildman–Crippen MR) is 69.6 cm³/mol. The molecular formula is C12H20N2O2S. The third kappa shape index (κ3) is 4.83. The predicted octanol–water partition coefficient (Wildman–Crippen LogP) is 1.56. The van der Waals surface area contributed by atoms with Crippen molar-refractivity contribution in [3.63, 3.8) is 0 Å². The first-order valence-electron chi connectivity index (χ1n) is 5.81. The summed E-state index contributed by atoms with van der Waals surface area (Å²) < 4.78 is 23.0. The molecule has 0 saturated heterocycles. The van der Waals surface area contributed by atoms with Crippen molar-refractivity contribution < 1.29 is 8.42 Å². The van der Waals surface area contributed by atoms with E-state index in [-0.39, 0.29) is 23.6 Å². The number of pyridine rings is 1. The van der Waals surface area contributed by atoms with E-state index >= 15 is 0 Å². The molecule has 96 valence electrons. The van der Waals surface area contributed by atoms with Crippen molar-refractivity contribution in [2.75, 3.05) is 11.5 Å². The minimum absolute atomic E-state index is 0.0600. The molecule has 0 aliphatic rings. The maximum atomic E-state index is 11.5. The van der Waals surface area contributed by atoms with E-state index in [1.807, 2.05) is 26.0 Å². The van der Waals surface area contributed by atoms with Gasteiger partial charge < -0.3 is 5.32 Å². The Hall–Kier alpha value is -0.940. The zero-order chi connectivity index (χ0) is 12.9. The summed E-state index contributed by atoms with van der Waals surface area (Å²) in [6.07, 6.45) is 3.51. The Labute approximate surface area is 103 Å². The third-order valence-electron chi connectivity index (χ3n) is 2.66. The van der Waals surface area contributed by atoms with Gasteiger partial charge in [-0.25, -0.2) is 8.42 Å². The minimum atomic E-state index is -2.92. The zero-order valence-corrected chi connectivity index (χ0v) is 11.4. The summed E-state index contributed by atoms with van der Waals surface area (Å²) in [6, 6.07) is 3.90. The van der Waals surface area contributed by atoms with Crippen LogP contribution < -0.4 is 5.32 Å². The summed E-state index contributed by atoms with van der Waals surface area (Å²) in [7, 11) is -2.92. The van der Waals surface area contributed by atoms with Crippen LogP contribution in [0, 0.1) is 0 Å². The van der Waals surface area contributed by atoms with E-state index in [4.69, 9.17) is 0 Å². The van der Waals surface area contributed by atoms with Gasteiger partial charge in [-0.05, 0) is 25.5 Å². The first-order chi connectivity index (χ1) is 7.94. The number of nitrogens with zero attached hydrogens (tertiary/aromatic N) is 1. The van der Waals surface area contributed by atoms with Crippen molar-refractivity contribution in [3.8, 4) is 0 Å². The maximum absolute atomic E-state index is 11.5. The lowest BCUT2D eigenvalue weighted by Gasteiger charge is -2.19. The molecule has 17 heavy (non-hydrogen) atoms. The Morgan fingerprint density at radius 1 is 1.41 bits per heavy atom. The molecule has 1 rings (SSSR count). The van der Waals surface area contributed by atoms with Crippen LogP contribution in [0.4, 0.5) is 0 Å². The van der Waals surface area contributed by atoms with Gasteiger partial charge in [0.15, 0.2) is 9.84 Å². The highest BCUT2D eigenvalue weighted by molar-refractivity contribution is 7.91. The maximum Gasteiger partial charge on any atom is 0.151 e. The van der Waals surface area contributed by atoms with Gasteiger partial charge in [-0.15, -0.1) is 0 Å². The van der Waals surface area contributed by atoms with Crippen LogP contribution in [0.25, 0.3) is 0 Å². The summed E-state index contributed by atoms with van der Waals surface area (Å²) in [4.78, 5) is 4.05. The van der Waals surface area contributed by atoms with Crippen LogP contribution in [0.5, 0.6) is 0 Å². The lowest BCUT2D eigenvalue weighted by Crippen LogP contribution is -2.35. The third-order valence-corrected chi connectivity index (χ3v) is 4.55. The summed E-state index contributed by atoms with van der Waals surface area (Å²) in [5, 5.41) is 3.27. The second-order valence-electron chi connectivity index (χ2n) is 4.27. The van der Waals surface area contributed by atoms with E-state index in [2.05, 4.69) is 10.3 Å². The van der Waals surface area contributed by atoms with Gasteiger partial charge in [0.05, 0.1) is 5.75 Å². The topological polar surface area (TPSA) is 59.1 Å². The fourth-order valence-electron chi connectivity index (χ4n) is 1.70. The summed E-state index contributed by atoms with van der Waals surface area (Å²) in [5.74, 6) is 0.369. The average Bonchev–Trinajstić information content (AvgIpc) is 2.29. The number of rotatable bonds is 6. The molecule has 0 amide bonds. The van der Waals surface area contributed by atoms with E-state index in [0.717, 1.165) is 5.56 Å². The highest BCUT2D eigenvalue weighted by atomic mass is 32.2. The molecule has 1 heterocycles. The highest BCUT2D eigenvalue weighted by Gasteiger charge is 2.16. The molecule has 0 aromatic carbocycles. The largest absolute Gasteiger partial charge is 0.307 e. The van der Waals surface area contributed by atoms with E-state index in [0.29, 0.717) is 0 Å². The number of hydrogen-bond acceptors (Lipinski definition) is 4. The molecule has 0 fully saturated rings. The molecule has 4 nitrogen and oxygen atoms in total. The second kappa shape index (κ2) is 6.12. The van der Waals surface area contributed by atoms with Crippen LogP contribution in [-0.2, 0) is 9.84 Å². The molecule has 0 spiro atoms. The van der Waals surface area contributed by atoms with Crippen molar-refractivity contribution in [3.05, 3.63) is 30.1 Å². The molecule has 5 heteroatoms. The molecule has 1 aromatic heterocycles. The summed E-state index contributed by atoms with van der Waals surface area (Å²) >= 11 is 0. The first-order valence-corrected chi connectivity index (χ1v) is 7.63. The van der Waals surface area contributed by atoms with Crippen molar-refractivity contribution >= 4 is 9.84 Å². The van der Waals surface area contributed by atoms with Crippen LogP contribution in [0.3, 0.4) is 0 Å². The lowest BCUT2D eigenvalue weighted by atomic mass is 10.1. The van der Waals surface area contributed by atoms with Gasteiger partial charge in [0.1, 0.15) is 0 Å². The Kier molecular flexibility index (Phi) is 5.08. The Morgan fingerprint density at radius 3 is 2.65 bits per heavy atom. The monoisotopic (exact) mass is 256 g/mol. The number of hydrogen-bond donors (Lipinski definition) is 1. The molecule has 0 saturated carbocycles. The van der Waals surface area contributed by atoms with Crippen LogP contribution in [0.15, 0.2) is 24.5 Å². The first kappa shape index (κ1) is 14.1. The van der Waals surface area contributed by atoms with Crippen molar-refractivity contribution in [2.45, 2.75) is 32.9 Å². The Bertz CT molecular complexity index is 431. The SMILES string of the molecule is CCS(=O)(=O)CC(C)N[C@@H](C)c1cccnc1. The zero-order valence-electron chi connectivity index (χ0n) is 10.6. The molecule has 0 aliphatic heterocycles. The van der Waals surface area contributed by atoms with Gasteiger partial charge in [-0.3, -0.25) is 4.98 Å². The smallest absolute Gasteiger partial charge is 0.151 e. The van der Waals surface area contributed by atoms with E-state index in [1.165, 1.54) is 0 Å². The molecular weight excluding hydrogens is 236 g/mol. The molecule has 2 atom stereocenters. The van der Waals surface area contributed by atoms with Gasteiger partial charge >= 0.3 is 0 Å². The Balaban J connectivity index is 2.55. The van der Waals surface area contributed by atoms with Crippen molar-refractivity contribution in [1.82, 2.24) is 10.3 Å². The van der Waals surface area contributed by atoms with Gasteiger partial charge in [-0.2, -0.15) is 0 Å². The van der Waals surface area contributed by atoms with Crippen molar-refractivity contribution in [1.29, 1.82) is 0 Å². The van der Waals surface area contributed by atoms with Crippen LogP contribution in [0.1, 0.15) is 32.4 Å². The molecule has 1 aromatic rings. The van der Waals surface area contributed by atoms with E-state index in [1.54, 1.807) is 19.3 Å². The fourth-order valence-corrected chi connectivity index (χ4v) is 2.80. The summed E-state index contributed by atoms with van der Waals surface area (Å²) in [5.41, 5.74) is 1.06. The minimum Gasteiger partial charge on any atom is -0.307 e. The number of aromatic nitrogens is 1. The normalized spacial score (nSPS) is 15.5. The van der Waals surface area contributed by atoms with Crippen LogP contribution in [0.2, 0.25) is 0 Å². The van der Waals surface area contributed by atoms with Gasteiger partial charge in [0, 0.05) is 30.2 Å². The lowest BCUT2D eigenvalue weighted by molar-refractivity contribution is 0.499. The molecule has 0 radical (unpaired) electrons. The fraction of sp³-hybridized carbons (Fsp3) is 0.583. The van der Waals surface area contributed by atoms with Gasteiger partial charge in [-0.1, -0.05) is 13.0 Å². The Morgan fingerprint density at radius 2 is 2.12 bits per heavy atom. The number of nitrogens with one attached hydrogen (secondary N) is 1. The standard InChI is InChI=1S/C12H20N2O2S/c1-4-17(15,16)9-10(2)14-11(3)12-6-5-7-13-8-12/h5-8,10-11,14H,4,9H2,1-3H3/t10?,11-/m0/s1. The molecule has 1 unspecified atom stereocenters. The van der Waals surface area contributed by atoms with Crippen LogP contribution >= 0.6 is 0 Å². The second-order valence-corrected chi connectivity index (χ2v) is 6.67. The molecule has 0 bridgehead atoms.